The lowest BCUT2D eigenvalue weighted by atomic mass is 9.87. The third kappa shape index (κ3) is 5.77. The fourth-order valence-electron chi connectivity index (χ4n) is 2.90. The number of nitrogens with one attached hydrogen (secondary N) is 1. The van der Waals surface area contributed by atoms with Gasteiger partial charge in [0.1, 0.15) is 0 Å². The van der Waals surface area contributed by atoms with Crippen molar-refractivity contribution in [2.75, 3.05) is 13.2 Å². The predicted molar refractivity (Wildman–Crippen MR) is 86.2 cm³/mol. The van der Waals surface area contributed by atoms with Gasteiger partial charge < -0.3 is 15.2 Å². The van der Waals surface area contributed by atoms with E-state index in [2.05, 4.69) is 24.4 Å². The summed E-state index contributed by atoms with van der Waals surface area (Å²) in [6.07, 6.45) is 4.65. The van der Waals surface area contributed by atoms with Crippen molar-refractivity contribution in [1.29, 1.82) is 0 Å². The fraction of sp³-hybridized carbons (Fsp3) is 0.667. The van der Waals surface area contributed by atoms with Crippen molar-refractivity contribution in [3.05, 3.63) is 35.9 Å². The van der Waals surface area contributed by atoms with Crippen molar-refractivity contribution in [1.82, 2.24) is 5.32 Å². The van der Waals surface area contributed by atoms with E-state index in [0.717, 1.165) is 11.5 Å². The molecule has 0 saturated heterocycles. The molecule has 2 unspecified atom stereocenters. The molecular formula is C18H29NO2. The van der Waals surface area contributed by atoms with E-state index < -0.39 is 6.10 Å². The highest BCUT2D eigenvalue weighted by Crippen LogP contribution is 2.23. The number of aliphatic hydroxyl groups is 1. The molecule has 0 amide bonds. The van der Waals surface area contributed by atoms with Crippen LogP contribution >= 0.6 is 0 Å². The molecule has 1 saturated carbocycles. The first kappa shape index (κ1) is 16.5. The van der Waals surface area contributed by atoms with Crippen LogP contribution in [0.1, 0.15) is 51.2 Å². The largest absolute Gasteiger partial charge is 0.389 e. The number of hydrogen-bond donors (Lipinski definition) is 2. The second-order valence-electron chi connectivity index (χ2n) is 6.41. The lowest BCUT2D eigenvalue weighted by Crippen LogP contribution is -2.39. The van der Waals surface area contributed by atoms with E-state index in [4.69, 9.17) is 4.74 Å². The summed E-state index contributed by atoms with van der Waals surface area (Å²) in [6.45, 7) is 5.36. The maximum absolute atomic E-state index is 10.0. The Kier molecular flexibility index (Phi) is 6.68. The Morgan fingerprint density at radius 2 is 1.86 bits per heavy atom. The van der Waals surface area contributed by atoms with Gasteiger partial charge in [0.25, 0.3) is 0 Å². The monoisotopic (exact) mass is 291 g/mol. The molecule has 0 aliphatic heterocycles. The molecule has 0 radical (unpaired) electrons. The zero-order chi connectivity index (χ0) is 15.1. The quantitative estimate of drug-likeness (QED) is 0.810. The lowest BCUT2D eigenvalue weighted by molar-refractivity contribution is -0.00339. The van der Waals surface area contributed by atoms with Crippen LogP contribution in [0.4, 0.5) is 0 Å². The molecular weight excluding hydrogens is 262 g/mol. The van der Waals surface area contributed by atoms with Crippen molar-refractivity contribution in [2.45, 2.75) is 57.8 Å². The molecule has 0 heterocycles. The number of benzene rings is 1. The second kappa shape index (κ2) is 8.52. The highest BCUT2D eigenvalue weighted by atomic mass is 16.5. The van der Waals surface area contributed by atoms with E-state index in [9.17, 15) is 5.11 Å². The Hall–Kier alpha value is -0.900. The Bertz CT molecular complexity index is 387. The molecule has 1 aromatic carbocycles. The number of aliphatic hydroxyl groups excluding tert-OH is 1. The summed E-state index contributed by atoms with van der Waals surface area (Å²) in [5, 5.41) is 13.5. The molecule has 1 aliphatic carbocycles. The van der Waals surface area contributed by atoms with Crippen LogP contribution in [0.3, 0.4) is 0 Å². The molecule has 1 fully saturated rings. The van der Waals surface area contributed by atoms with Gasteiger partial charge in [-0.05, 0) is 44.1 Å². The first-order chi connectivity index (χ1) is 10.1. The van der Waals surface area contributed by atoms with Crippen molar-refractivity contribution in [3.8, 4) is 0 Å². The van der Waals surface area contributed by atoms with Crippen LogP contribution in [0, 0.1) is 5.92 Å². The van der Waals surface area contributed by atoms with E-state index in [0.29, 0.717) is 19.2 Å². The topological polar surface area (TPSA) is 41.5 Å². The van der Waals surface area contributed by atoms with E-state index >= 15 is 0 Å². The highest BCUT2D eigenvalue weighted by Gasteiger charge is 2.18. The van der Waals surface area contributed by atoms with Crippen molar-refractivity contribution >= 4 is 0 Å². The molecule has 1 aliphatic rings. The zero-order valence-electron chi connectivity index (χ0n) is 13.3. The minimum Gasteiger partial charge on any atom is -0.389 e. The lowest BCUT2D eigenvalue weighted by Gasteiger charge is -2.28. The molecule has 3 heteroatoms. The summed E-state index contributed by atoms with van der Waals surface area (Å²) < 4.78 is 5.76. The van der Waals surface area contributed by atoms with Crippen LogP contribution in [0.5, 0.6) is 0 Å². The van der Waals surface area contributed by atoms with Gasteiger partial charge in [0, 0.05) is 12.6 Å². The Morgan fingerprint density at radius 3 is 2.52 bits per heavy atom. The van der Waals surface area contributed by atoms with E-state index in [1.807, 2.05) is 25.1 Å². The first-order valence-corrected chi connectivity index (χ1v) is 8.23. The van der Waals surface area contributed by atoms with Crippen LogP contribution in [-0.2, 0) is 4.74 Å². The second-order valence-corrected chi connectivity index (χ2v) is 6.41. The summed E-state index contributed by atoms with van der Waals surface area (Å²) >= 11 is 0. The molecule has 0 spiro atoms. The van der Waals surface area contributed by atoms with Crippen LogP contribution in [0.2, 0.25) is 0 Å². The molecule has 21 heavy (non-hydrogen) atoms. The zero-order valence-corrected chi connectivity index (χ0v) is 13.3. The summed E-state index contributed by atoms with van der Waals surface area (Å²) in [5.74, 6) is 0.864. The number of rotatable bonds is 7. The maximum atomic E-state index is 10.0. The molecule has 0 bridgehead atoms. The van der Waals surface area contributed by atoms with Gasteiger partial charge in [-0.25, -0.2) is 0 Å². The average Bonchev–Trinajstić information content (AvgIpc) is 2.53. The van der Waals surface area contributed by atoms with E-state index in [1.54, 1.807) is 0 Å². The smallest absolute Gasteiger partial charge is 0.0898 e. The van der Waals surface area contributed by atoms with E-state index in [-0.39, 0.29) is 6.10 Å². The van der Waals surface area contributed by atoms with Gasteiger partial charge in [-0.1, -0.05) is 37.3 Å². The van der Waals surface area contributed by atoms with Crippen LogP contribution in [0.25, 0.3) is 0 Å². The van der Waals surface area contributed by atoms with Crippen molar-refractivity contribution in [3.63, 3.8) is 0 Å². The summed E-state index contributed by atoms with van der Waals surface area (Å²) in [4.78, 5) is 0. The average molecular weight is 291 g/mol. The maximum Gasteiger partial charge on any atom is 0.0898 e. The van der Waals surface area contributed by atoms with Crippen molar-refractivity contribution in [2.24, 2.45) is 5.92 Å². The molecule has 0 aromatic heterocycles. The highest BCUT2D eigenvalue weighted by molar-refractivity contribution is 5.16. The van der Waals surface area contributed by atoms with Crippen LogP contribution in [-0.4, -0.2) is 30.4 Å². The van der Waals surface area contributed by atoms with Crippen molar-refractivity contribution < 1.29 is 9.84 Å². The van der Waals surface area contributed by atoms with E-state index in [1.165, 1.54) is 25.7 Å². The van der Waals surface area contributed by atoms with Gasteiger partial charge in [-0.15, -0.1) is 0 Å². The van der Waals surface area contributed by atoms with Gasteiger partial charge in [0.15, 0.2) is 0 Å². The summed E-state index contributed by atoms with van der Waals surface area (Å²) in [6, 6.07) is 10.7. The Balaban J connectivity index is 1.62. The summed E-state index contributed by atoms with van der Waals surface area (Å²) in [5.41, 5.74) is 1.15. The third-order valence-electron chi connectivity index (χ3n) is 4.47. The minimum absolute atomic E-state index is 0.0244. The van der Waals surface area contributed by atoms with Gasteiger partial charge >= 0.3 is 0 Å². The van der Waals surface area contributed by atoms with Crippen LogP contribution < -0.4 is 5.32 Å². The molecule has 118 valence electrons. The fourth-order valence-corrected chi connectivity index (χ4v) is 2.90. The van der Waals surface area contributed by atoms with Gasteiger partial charge in [-0.3, -0.25) is 0 Å². The molecule has 2 rings (SSSR count). The van der Waals surface area contributed by atoms with Gasteiger partial charge in [0.2, 0.25) is 0 Å². The Morgan fingerprint density at radius 1 is 1.19 bits per heavy atom. The normalized spacial score (nSPS) is 25.5. The predicted octanol–water partition coefficient (Wildman–Crippen LogP) is 3.29. The standard InChI is InChI=1S/C18H29NO2/c1-14-8-10-17(11-9-14)19-12-18(20)13-21-15(2)16-6-4-3-5-7-16/h3-7,14-15,17-20H,8-13H2,1-2H3. The minimum atomic E-state index is -0.435. The molecule has 2 atom stereocenters. The molecule has 2 N–H and O–H groups in total. The Labute approximate surface area is 128 Å². The molecule has 3 nitrogen and oxygen atoms in total. The molecule has 1 aromatic rings. The number of hydrogen-bond acceptors (Lipinski definition) is 3. The third-order valence-corrected chi connectivity index (χ3v) is 4.47. The SMILES string of the molecule is CC1CCC(NCC(O)COC(C)c2ccccc2)CC1. The summed E-state index contributed by atoms with van der Waals surface area (Å²) in [7, 11) is 0. The first-order valence-electron chi connectivity index (χ1n) is 8.23. The van der Waals surface area contributed by atoms with Gasteiger partial charge in [-0.2, -0.15) is 0 Å². The van der Waals surface area contributed by atoms with Gasteiger partial charge in [0.05, 0.1) is 18.8 Å². The van der Waals surface area contributed by atoms with Crippen LogP contribution in [0.15, 0.2) is 30.3 Å². The number of ether oxygens (including phenoxy) is 1.